The molecule has 1 aromatic heterocycles. The van der Waals surface area contributed by atoms with Crippen molar-refractivity contribution in [2.75, 3.05) is 40.6 Å². The van der Waals surface area contributed by atoms with Gasteiger partial charge in [0.2, 0.25) is 18.4 Å². The second-order valence-electron chi connectivity index (χ2n) is 8.69. The van der Waals surface area contributed by atoms with Crippen molar-refractivity contribution in [1.82, 2.24) is 14.5 Å². The molecule has 3 aromatic rings. The maximum Gasteiger partial charge on any atom is 0.335 e. The fourth-order valence-corrected chi connectivity index (χ4v) is 4.80. The van der Waals surface area contributed by atoms with Gasteiger partial charge in [0.25, 0.3) is 5.56 Å². The number of benzene rings is 2. The lowest BCUT2D eigenvalue weighted by molar-refractivity contribution is 0.170. The number of aliphatic imine (C=N–C) groups is 1. The van der Waals surface area contributed by atoms with Crippen molar-refractivity contribution in [3.8, 4) is 34.6 Å². The van der Waals surface area contributed by atoms with E-state index < -0.39 is 17.1 Å². The Labute approximate surface area is 212 Å². The summed E-state index contributed by atoms with van der Waals surface area (Å²) in [6.07, 6.45) is 2.10. The quantitative estimate of drug-likeness (QED) is 0.464. The maximum absolute atomic E-state index is 12.6. The van der Waals surface area contributed by atoms with Crippen LogP contribution in [-0.2, 0) is 6.42 Å². The second-order valence-corrected chi connectivity index (χ2v) is 8.69. The van der Waals surface area contributed by atoms with Crippen molar-refractivity contribution in [3.63, 3.8) is 0 Å². The van der Waals surface area contributed by atoms with E-state index in [1.807, 2.05) is 20.0 Å². The molecular weight excluding hydrogens is 480 g/mol. The number of ether oxygens (including phenoxy) is 4. The van der Waals surface area contributed by atoms with Gasteiger partial charge in [0.1, 0.15) is 11.3 Å². The first kappa shape index (κ1) is 24.4. The zero-order chi connectivity index (χ0) is 26.1. The Morgan fingerprint density at radius 1 is 1.27 bits per heavy atom. The first-order chi connectivity index (χ1) is 17.9. The lowest BCUT2D eigenvalue weighted by Crippen LogP contribution is -2.34. The number of aromatic amines is 1. The van der Waals surface area contributed by atoms with Crippen LogP contribution in [0.15, 0.2) is 44.9 Å². The zero-order valence-corrected chi connectivity index (χ0v) is 20.8. The van der Waals surface area contributed by atoms with E-state index in [4.69, 9.17) is 18.9 Å². The molecule has 0 saturated heterocycles. The van der Waals surface area contributed by atoms with Crippen LogP contribution in [0.1, 0.15) is 29.7 Å². The van der Waals surface area contributed by atoms with Crippen LogP contribution in [0.5, 0.6) is 28.9 Å². The van der Waals surface area contributed by atoms with Gasteiger partial charge in [-0.1, -0.05) is 12.1 Å². The molecule has 0 unspecified atom stereocenters. The molecule has 0 aliphatic carbocycles. The summed E-state index contributed by atoms with van der Waals surface area (Å²) < 4.78 is 23.5. The number of nitrogens with one attached hydrogen (secondary N) is 1. The van der Waals surface area contributed by atoms with Gasteiger partial charge in [-0.15, -0.1) is 0 Å². The van der Waals surface area contributed by atoms with Crippen LogP contribution in [0, 0.1) is 0 Å². The minimum absolute atomic E-state index is 0.136. The molecule has 2 aliphatic rings. The highest BCUT2D eigenvalue weighted by Crippen LogP contribution is 2.49. The number of hydrogen-bond acceptors (Lipinski definition) is 9. The van der Waals surface area contributed by atoms with Crippen LogP contribution in [0.4, 0.5) is 0 Å². The number of aromatic hydroxyl groups is 1. The molecule has 2 aliphatic heterocycles. The van der Waals surface area contributed by atoms with Crippen LogP contribution >= 0.6 is 0 Å². The molecule has 0 spiro atoms. The monoisotopic (exact) mass is 508 g/mol. The highest BCUT2D eigenvalue weighted by molar-refractivity contribution is 5.82. The first-order valence-corrected chi connectivity index (χ1v) is 11.9. The molecule has 1 atom stereocenters. The summed E-state index contributed by atoms with van der Waals surface area (Å²) in [4.78, 5) is 34.2. The van der Waals surface area contributed by atoms with E-state index in [-0.39, 0.29) is 24.9 Å². The van der Waals surface area contributed by atoms with Crippen LogP contribution < -0.4 is 30.2 Å². The molecule has 0 fully saturated rings. The Morgan fingerprint density at radius 2 is 2.08 bits per heavy atom. The summed E-state index contributed by atoms with van der Waals surface area (Å²) in [6, 6.07) is 8.57. The molecule has 11 nitrogen and oxygen atoms in total. The minimum Gasteiger partial charge on any atom is -0.493 e. The van der Waals surface area contributed by atoms with Gasteiger partial charge in [0.15, 0.2) is 11.5 Å². The van der Waals surface area contributed by atoms with Crippen LogP contribution in [0.25, 0.3) is 5.69 Å². The third kappa shape index (κ3) is 4.31. The molecule has 37 heavy (non-hydrogen) atoms. The summed E-state index contributed by atoms with van der Waals surface area (Å²) in [5.41, 5.74) is 0.678. The highest BCUT2D eigenvalue weighted by Gasteiger charge is 2.33. The molecule has 0 amide bonds. The Bertz CT molecular complexity index is 1480. The number of likely N-dealkylation sites (N-methyl/N-ethyl adjacent to an activating group) is 1. The molecule has 194 valence electrons. The zero-order valence-electron chi connectivity index (χ0n) is 20.8. The van der Waals surface area contributed by atoms with E-state index >= 15 is 0 Å². The van der Waals surface area contributed by atoms with Crippen molar-refractivity contribution in [2.24, 2.45) is 4.99 Å². The van der Waals surface area contributed by atoms with Crippen molar-refractivity contribution >= 4 is 6.21 Å². The molecule has 5 rings (SSSR count). The SMILES string of the molecule is CCOc1ccccc1-n1c(O)c(C=NC[C@H]2c3c(cc4c(c3OC)OCO4)CCN2C)c(=O)[nH]c1=O. The van der Waals surface area contributed by atoms with E-state index in [2.05, 4.69) is 14.9 Å². The van der Waals surface area contributed by atoms with E-state index in [1.165, 1.54) is 6.21 Å². The highest BCUT2D eigenvalue weighted by atomic mass is 16.7. The minimum atomic E-state index is -0.784. The summed E-state index contributed by atoms with van der Waals surface area (Å²) >= 11 is 0. The van der Waals surface area contributed by atoms with Crippen LogP contribution in [0.2, 0.25) is 0 Å². The van der Waals surface area contributed by atoms with Gasteiger partial charge in [0.05, 0.1) is 32.0 Å². The number of hydrogen-bond donors (Lipinski definition) is 2. The van der Waals surface area contributed by atoms with Crippen molar-refractivity contribution in [1.29, 1.82) is 0 Å². The van der Waals surface area contributed by atoms with Gasteiger partial charge in [-0.2, -0.15) is 0 Å². The van der Waals surface area contributed by atoms with Gasteiger partial charge in [0, 0.05) is 18.3 Å². The maximum atomic E-state index is 12.6. The van der Waals surface area contributed by atoms with Gasteiger partial charge in [-0.05, 0) is 44.2 Å². The Balaban J connectivity index is 1.51. The topological polar surface area (TPSA) is 128 Å². The predicted octanol–water partition coefficient (Wildman–Crippen LogP) is 2.02. The summed E-state index contributed by atoms with van der Waals surface area (Å²) in [7, 11) is 3.58. The second kappa shape index (κ2) is 10.0. The van der Waals surface area contributed by atoms with Gasteiger partial charge < -0.3 is 24.1 Å². The van der Waals surface area contributed by atoms with Gasteiger partial charge in [-0.3, -0.25) is 19.7 Å². The number of methoxy groups -OCH3 is 1. The molecular formula is C26H28N4O7. The average Bonchev–Trinajstić information content (AvgIpc) is 3.35. The number of para-hydroxylation sites is 2. The Hall–Kier alpha value is -4.25. The number of rotatable bonds is 7. The lowest BCUT2D eigenvalue weighted by atomic mass is 9.91. The van der Waals surface area contributed by atoms with Crippen molar-refractivity contribution in [3.05, 3.63) is 67.9 Å². The van der Waals surface area contributed by atoms with Gasteiger partial charge in [-0.25, -0.2) is 9.36 Å². The van der Waals surface area contributed by atoms with Crippen molar-refractivity contribution in [2.45, 2.75) is 19.4 Å². The number of nitrogens with zero attached hydrogens (tertiary/aromatic N) is 3. The molecule has 0 saturated carbocycles. The number of aromatic nitrogens is 2. The van der Waals surface area contributed by atoms with Crippen LogP contribution in [-0.4, -0.2) is 66.4 Å². The van der Waals surface area contributed by atoms with E-state index in [1.54, 1.807) is 31.4 Å². The molecule has 2 aromatic carbocycles. The molecule has 0 bridgehead atoms. The third-order valence-electron chi connectivity index (χ3n) is 6.57. The predicted molar refractivity (Wildman–Crippen MR) is 136 cm³/mol. The first-order valence-electron chi connectivity index (χ1n) is 11.9. The summed E-state index contributed by atoms with van der Waals surface area (Å²) in [5.74, 6) is 1.71. The normalized spacial score (nSPS) is 16.7. The molecule has 3 heterocycles. The lowest BCUT2D eigenvalue weighted by Gasteiger charge is -2.35. The standard InChI is InChI=1S/C26H28N4O7/c1-4-35-19-8-6-5-7-17(19)30-25(32)16(24(31)28-26(30)33)12-27-13-18-21-15(9-10-29(18)2)11-20-22(23(21)34-3)37-14-36-20/h5-8,11-12,18,32H,4,9-10,13-14H2,1-3H3,(H,28,31,33)/t18-/m0/s1. The van der Waals surface area contributed by atoms with E-state index in [0.29, 0.717) is 35.3 Å². The Kier molecular flexibility index (Phi) is 6.62. The molecule has 2 N–H and O–H groups in total. The molecule has 11 heteroatoms. The summed E-state index contributed by atoms with van der Waals surface area (Å²) in [5, 5.41) is 11.0. The summed E-state index contributed by atoms with van der Waals surface area (Å²) in [6.45, 7) is 3.38. The number of fused-ring (bicyclic) bond motifs is 2. The largest absolute Gasteiger partial charge is 0.493 e. The van der Waals surface area contributed by atoms with Crippen LogP contribution in [0.3, 0.4) is 0 Å². The van der Waals surface area contributed by atoms with Gasteiger partial charge >= 0.3 is 5.69 Å². The van der Waals surface area contributed by atoms with Crippen molar-refractivity contribution < 1.29 is 24.1 Å². The fraction of sp³-hybridized carbons (Fsp3) is 0.346. The van der Waals surface area contributed by atoms with E-state index in [9.17, 15) is 14.7 Å². The Morgan fingerprint density at radius 3 is 2.86 bits per heavy atom. The number of H-pyrrole nitrogens is 1. The smallest absolute Gasteiger partial charge is 0.335 e. The third-order valence-corrected chi connectivity index (χ3v) is 6.57. The average molecular weight is 509 g/mol. The molecule has 0 radical (unpaired) electrons. The van der Waals surface area contributed by atoms with E-state index in [0.717, 1.165) is 28.7 Å². The fourth-order valence-electron chi connectivity index (χ4n) is 4.80.